The Morgan fingerprint density at radius 1 is 1.44 bits per heavy atom. The van der Waals surface area contributed by atoms with Gasteiger partial charge in [0.05, 0.1) is 11.6 Å². The number of carbonyl (C=O) groups excluding carboxylic acids is 1. The summed E-state index contributed by atoms with van der Waals surface area (Å²) in [5, 5.41) is 0.164. The number of hydrogen-bond donors (Lipinski definition) is 0. The van der Waals surface area contributed by atoms with Crippen molar-refractivity contribution in [3.8, 4) is 0 Å². The Bertz CT molecular complexity index is 431. The minimum atomic E-state index is -2.62. The SMILES string of the molecule is O=C(c1ccc(F)c(Cl)c1)N(CCBr)CC(F)F. The predicted octanol–water partition coefficient (Wildman–Crippen LogP) is 3.58. The van der Waals surface area contributed by atoms with E-state index >= 15 is 0 Å². The minimum Gasteiger partial charge on any atom is -0.332 e. The summed E-state index contributed by atoms with van der Waals surface area (Å²) in [7, 11) is 0. The zero-order valence-corrected chi connectivity index (χ0v) is 11.5. The van der Waals surface area contributed by atoms with Crippen LogP contribution in [-0.2, 0) is 0 Å². The highest BCUT2D eigenvalue weighted by Crippen LogP contribution is 2.17. The standard InChI is InChI=1S/C11H10BrClF3NO/c12-3-4-17(6-10(15)16)11(18)7-1-2-9(14)8(13)5-7/h1-2,5,10H,3-4,6H2. The monoisotopic (exact) mass is 343 g/mol. The van der Waals surface area contributed by atoms with Crippen LogP contribution in [0.25, 0.3) is 0 Å². The molecule has 0 fully saturated rings. The molecule has 0 saturated heterocycles. The maximum absolute atomic E-state index is 12.9. The molecule has 1 aromatic rings. The van der Waals surface area contributed by atoms with Gasteiger partial charge in [-0.1, -0.05) is 27.5 Å². The van der Waals surface area contributed by atoms with Gasteiger partial charge >= 0.3 is 0 Å². The van der Waals surface area contributed by atoms with Crippen LogP contribution in [0.3, 0.4) is 0 Å². The van der Waals surface area contributed by atoms with Gasteiger partial charge in [0.2, 0.25) is 0 Å². The van der Waals surface area contributed by atoms with Crippen molar-refractivity contribution in [2.45, 2.75) is 6.43 Å². The molecular formula is C11H10BrClF3NO. The molecule has 0 aliphatic heterocycles. The Labute approximate surface area is 116 Å². The first kappa shape index (κ1) is 15.3. The smallest absolute Gasteiger partial charge is 0.255 e. The van der Waals surface area contributed by atoms with E-state index in [0.29, 0.717) is 5.33 Å². The normalized spacial score (nSPS) is 10.8. The van der Waals surface area contributed by atoms with Crippen LogP contribution in [0.4, 0.5) is 13.2 Å². The van der Waals surface area contributed by atoms with Crippen molar-refractivity contribution in [2.75, 3.05) is 18.4 Å². The van der Waals surface area contributed by atoms with Crippen molar-refractivity contribution in [2.24, 2.45) is 0 Å². The van der Waals surface area contributed by atoms with Crippen molar-refractivity contribution in [3.63, 3.8) is 0 Å². The minimum absolute atomic E-state index is 0.0861. The van der Waals surface area contributed by atoms with Crippen LogP contribution in [0.15, 0.2) is 18.2 Å². The summed E-state index contributed by atoms with van der Waals surface area (Å²) in [6, 6.07) is 3.38. The topological polar surface area (TPSA) is 20.3 Å². The number of hydrogen-bond acceptors (Lipinski definition) is 1. The van der Waals surface area contributed by atoms with Crippen molar-refractivity contribution >= 4 is 33.4 Å². The van der Waals surface area contributed by atoms with E-state index in [1.807, 2.05) is 0 Å². The zero-order chi connectivity index (χ0) is 13.7. The number of rotatable bonds is 5. The lowest BCUT2D eigenvalue weighted by Gasteiger charge is -2.21. The van der Waals surface area contributed by atoms with Crippen LogP contribution in [0.5, 0.6) is 0 Å². The number of benzene rings is 1. The molecule has 100 valence electrons. The summed E-state index contributed by atoms with van der Waals surface area (Å²) in [5.41, 5.74) is 0.0861. The quantitative estimate of drug-likeness (QED) is 0.748. The van der Waals surface area contributed by atoms with Crippen LogP contribution in [-0.4, -0.2) is 35.7 Å². The number of nitrogens with zero attached hydrogens (tertiary/aromatic N) is 1. The number of amides is 1. The molecule has 2 nitrogen and oxygen atoms in total. The highest BCUT2D eigenvalue weighted by Gasteiger charge is 2.19. The Morgan fingerprint density at radius 3 is 2.61 bits per heavy atom. The molecule has 0 aromatic heterocycles. The summed E-state index contributed by atoms with van der Waals surface area (Å²) < 4.78 is 37.6. The van der Waals surface area contributed by atoms with Gasteiger partial charge < -0.3 is 4.90 Å². The number of halogens is 5. The molecule has 0 unspecified atom stereocenters. The molecule has 0 heterocycles. The van der Waals surface area contributed by atoms with E-state index in [2.05, 4.69) is 15.9 Å². The molecule has 1 aromatic carbocycles. The summed E-state index contributed by atoms with van der Waals surface area (Å²) in [5.74, 6) is -1.26. The fourth-order valence-corrected chi connectivity index (χ4v) is 1.96. The summed E-state index contributed by atoms with van der Waals surface area (Å²) >= 11 is 8.62. The highest BCUT2D eigenvalue weighted by atomic mass is 79.9. The van der Waals surface area contributed by atoms with E-state index in [0.717, 1.165) is 17.0 Å². The lowest BCUT2D eigenvalue weighted by molar-refractivity contribution is 0.0572. The summed E-state index contributed by atoms with van der Waals surface area (Å²) in [6.45, 7) is -0.530. The largest absolute Gasteiger partial charge is 0.332 e. The van der Waals surface area contributed by atoms with E-state index in [1.54, 1.807) is 0 Å². The van der Waals surface area contributed by atoms with Gasteiger partial charge in [-0.15, -0.1) is 0 Å². The van der Waals surface area contributed by atoms with E-state index < -0.39 is 24.7 Å². The molecule has 1 rings (SSSR count). The fraction of sp³-hybridized carbons (Fsp3) is 0.364. The van der Waals surface area contributed by atoms with Crippen LogP contribution in [0.2, 0.25) is 5.02 Å². The van der Waals surface area contributed by atoms with Crippen LogP contribution in [0.1, 0.15) is 10.4 Å². The van der Waals surface area contributed by atoms with Gasteiger partial charge in [0.25, 0.3) is 12.3 Å². The molecule has 1 amide bonds. The van der Waals surface area contributed by atoms with E-state index in [9.17, 15) is 18.0 Å². The zero-order valence-electron chi connectivity index (χ0n) is 9.18. The third kappa shape index (κ3) is 4.17. The summed E-state index contributed by atoms with van der Waals surface area (Å²) in [4.78, 5) is 12.9. The second-order valence-corrected chi connectivity index (χ2v) is 4.66. The van der Waals surface area contributed by atoms with Crippen molar-refractivity contribution < 1.29 is 18.0 Å². The number of carbonyl (C=O) groups is 1. The molecule has 0 atom stereocenters. The average Bonchev–Trinajstić information content (AvgIpc) is 2.31. The fourth-order valence-electron chi connectivity index (χ4n) is 1.36. The molecule has 0 aliphatic carbocycles. The van der Waals surface area contributed by atoms with Gasteiger partial charge in [0.15, 0.2) is 0 Å². The third-order valence-electron chi connectivity index (χ3n) is 2.17. The molecule has 0 N–H and O–H groups in total. The Balaban J connectivity index is 2.90. The molecular weight excluding hydrogens is 334 g/mol. The third-order valence-corrected chi connectivity index (χ3v) is 2.81. The first-order valence-corrected chi connectivity index (χ1v) is 6.54. The van der Waals surface area contributed by atoms with Gasteiger partial charge in [-0.2, -0.15) is 0 Å². The second-order valence-electron chi connectivity index (χ2n) is 3.46. The second kappa shape index (κ2) is 6.99. The van der Waals surface area contributed by atoms with Crippen molar-refractivity contribution in [3.05, 3.63) is 34.6 Å². The van der Waals surface area contributed by atoms with E-state index in [1.165, 1.54) is 6.07 Å². The molecule has 0 saturated carbocycles. The average molecular weight is 345 g/mol. The van der Waals surface area contributed by atoms with Gasteiger partial charge in [-0.25, -0.2) is 13.2 Å². The van der Waals surface area contributed by atoms with Gasteiger partial charge in [0, 0.05) is 17.4 Å². The molecule has 0 radical (unpaired) electrons. The first-order chi connectivity index (χ1) is 8.45. The Hall–Kier alpha value is -0.750. The number of alkyl halides is 3. The highest BCUT2D eigenvalue weighted by molar-refractivity contribution is 9.09. The first-order valence-electron chi connectivity index (χ1n) is 5.04. The maximum Gasteiger partial charge on any atom is 0.255 e. The predicted molar refractivity (Wildman–Crippen MR) is 67.1 cm³/mol. The van der Waals surface area contributed by atoms with Crippen molar-refractivity contribution in [1.82, 2.24) is 4.90 Å². The lowest BCUT2D eigenvalue weighted by atomic mass is 10.2. The summed E-state index contributed by atoms with van der Waals surface area (Å²) in [6.07, 6.45) is -2.62. The molecule has 7 heteroatoms. The van der Waals surface area contributed by atoms with Crippen molar-refractivity contribution in [1.29, 1.82) is 0 Å². The van der Waals surface area contributed by atoms with Crippen LogP contribution < -0.4 is 0 Å². The van der Waals surface area contributed by atoms with Crippen LogP contribution in [0, 0.1) is 5.82 Å². The van der Waals surface area contributed by atoms with E-state index in [-0.39, 0.29) is 17.1 Å². The Kier molecular flexibility index (Phi) is 5.95. The van der Waals surface area contributed by atoms with Gasteiger partial charge in [-0.3, -0.25) is 4.79 Å². The maximum atomic E-state index is 12.9. The van der Waals surface area contributed by atoms with E-state index in [4.69, 9.17) is 11.6 Å². The van der Waals surface area contributed by atoms with Gasteiger partial charge in [-0.05, 0) is 18.2 Å². The van der Waals surface area contributed by atoms with Crippen LogP contribution >= 0.6 is 27.5 Å². The molecule has 0 spiro atoms. The molecule has 0 aliphatic rings. The molecule has 18 heavy (non-hydrogen) atoms. The molecule has 0 bridgehead atoms. The Morgan fingerprint density at radius 2 is 2.11 bits per heavy atom. The van der Waals surface area contributed by atoms with Gasteiger partial charge in [0.1, 0.15) is 5.82 Å². The lowest BCUT2D eigenvalue weighted by Crippen LogP contribution is -2.36.